The maximum Gasteiger partial charge on any atom is 0.267 e. The average molecular weight is 520 g/mol. The van der Waals surface area contributed by atoms with Crippen molar-refractivity contribution in [3.05, 3.63) is 74.4 Å². The van der Waals surface area contributed by atoms with Crippen LogP contribution in [0.2, 0.25) is 0 Å². The number of thiophene rings is 1. The van der Waals surface area contributed by atoms with Crippen LogP contribution in [-0.4, -0.2) is 27.8 Å². The van der Waals surface area contributed by atoms with Crippen LogP contribution in [0, 0.1) is 13.8 Å². The number of hydrogen-bond donors (Lipinski definition) is 1. The van der Waals surface area contributed by atoms with Crippen molar-refractivity contribution in [1.82, 2.24) is 9.55 Å². The number of aromatic nitrogens is 2. The van der Waals surface area contributed by atoms with Crippen molar-refractivity contribution in [2.45, 2.75) is 51.6 Å². The van der Waals surface area contributed by atoms with E-state index in [4.69, 9.17) is 9.72 Å². The lowest BCUT2D eigenvalue weighted by molar-refractivity contribution is -0.113. The molecule has 0 fully saturated rings. The van der Waals surface area contributed by atoms with Crippen LogP contribution in [0.25, 0.3) is 15.9 Å². The summed E-state index contributed by atoms with van der Waals surface area (Å²) in [4.78, 5) is 33.6. The Morgan fingerprint density at radius 2 is 1.89 bits per heavy atom. The number of fused-ring (bicyclic) bond motifs is 3. The second-order valence-electron chi connectivity index (χ2n) is 8.99. The van der Waals surface area contributed by atoms with Gasteiger partial charge in [0.1, 0.15) is 10.6 Å². The van der Waals surface area contributed by atoms with Crippen LogP contribution in [0.15, 0.2) is 52.4 Å². The van der Waals surface area contributed by atoms with Gasteiger partial charge >= 0.3 is 0 Å². The predicted molar refractivity (Wildman–Crippen MR) is 148 cm³/mol. The monoisotopic (exact) mass is 519 g/mol. The van der Waals surface area contributed by atoms with Crippen molar-refractivity contribution < 1.29 is 9.53 Å². The molecule has 36 heavy (non-hydrogen) atoms. The van der Waals surface area contributed by atoms with Crippen LogP contribution in [0.3, 0.4) is 0 Å². The lowest BCUT2D eigenvalue weighted by atomic mass is 9.97. The van der Waals surface area contributed by atoms with Crippen LogP contribution in [0.4, 0.5) is 5.69 Å². The number of nitrogens with zero attached hydrogens (tertiary/aromatic N) is 2. The molecule has 5 rings (SSSR count). The van der Waals surface area contributed by atoms with E-state index in [1.54, 1.807) is 15.9 Å². The summed E-state index contributed by atoms with van der Waals surface area (Å²) in [5.41, 5.74) is 4.87. The van der Waals surface area contributed by atoms with Crippen molar-refractivity contribution in [3.63, 3.8) is 0 Å². The fraction of sp³-hybridized carbons (Fsp3) is 0.321. The molecular weight excluding hydrogens is 490 g/mol. The molecule has 0 saturated carbocycles. The molecule has 0 unspecified atom stereocenters. The second kappa shape index (κ2) is 10.5. The van der Waals surface area contributed by atoms with Crippen molar-refractivity contribution >= 4 is 44.9 Å². The van der Waals surface area contributed by atoms with E-state index in [0.29, 0.717) is 17.5 Å². The van der Waals surface area contributed by atoms with Gasteiger partial charge in [-0.3, -0.25) is 14.2 Å². The Morgan fingerprint density at radius 3 is 2.64 bits per heavy atom. The molecule has 4 aromatic rings. The maximum absolute atomic E-state index is 13.9. The number of hydrogen-bond acceptors (Lipinski definition) is 6. The number of carbonyl (C=O) groups excluding carboxylic acids is 1. The van der Waals surface area contributed by atoms with Crippen molar-refractivity contribution in [2.24, 2.45) is 0 Å². The predicted octanol–water partition coefficient (Wildman–Crippen LogP) is 6.07. The fourth-order valence-corrected chi connectivity index (χ4v) is 6.63. The van der Waals surface area contributed by atoms with Gasteiger partial charge in [-0.25, -0.2) is 4.98 Å². The number of thioether (sulfide) groups is 1. The first-order chi connectivity index (χ1) is 17.4. The Kier molecular flexibility index (Phi) is 7.16. The molecule has 0 aliphatic heterocycles. The molecule has 1 aliphatic rings. The standard InChI is InChI=1S/C28H29N3O3S2/c1-4-34-21-13-11-20(12-14-21)31-27(33)25-22-7-5-6-8-23(22)36-26(25)30-28(31)35-16-24(32)29-19-10-9-17(2)18(3)15-19/h9-15H,4-8,16H2,1-3H3,(H,29,32). The van der Waals surface area contributed by atoms with Crippen molar-refractivity contribution in [1.29, 1.82) is 0 Å². The van der Waals surface area contributed by atoms with Crippen LogP contribution in [-0.2, 0) is 17.6 Å². The van der Waals surface area contributed by atoms with Gasteiger partial charge < -0.3 is 10.1 Å². The highest BCUT2D eigenvalue weighted by molar-refractivity contribution is 7.99. The van der Waals surface area contributed by atoms with Crippen LogP contribution in [0.1, 0.15) is 41.3 Å². The van der Waals surface area contributed by atoms with Gasteiger partial charge in [0, 0.05) is 10.6 Å². The zero-order valence-electron chi connectivity index (χ0n) is 20.7. The van der Waals surface area contributed by atoms with Gasteiger partial charge in [-0.1, -0.05) is 17.8 Å². The van der Waals surface area contributed by atoms with Gasteiger partial charge in [0.2, 0.25) is 5.91 Å². The van der Waals surface area contributed by atoms with E-state index >= 15 is 0 Å². The molecule has 0 atom stereocenters. The van der Waals surface area contributed by atoms with Gasteiger partial charge in [0.25, 0.3) is 5.56 Å². The van der Waals surface area contributed by atoms with E-state index < -0.39 is 0 Å². The summed E-state index contributed by atoms with van der Waals surface area (Å²) >= 11 is 2.90. The molecule has 0 spiro atoms. The molecule has 0 bridgehead atoms. The molecule has 2 heterocycles. The number of ether oxygens (including phenoxy) is 1. The summed E-state index contributed by atoms with van der Waals surface area (Å²) in [6.07, 6.45) is 4.16. The number of amides is 1. The summed E-state index contributed by atoms with van der Waals surface area (Å²) in [7, 11) is 0. The number of benzene rings is 2. The molecule has 6 nitrogen and oxygen atoms in total. The Labute approximate surface area is 218 Å². The van der Waals surface area contributed by atoms with Gasteiger partial charge in [0.05, 0.1) is 23.4 Å². The Morgan fingerprint density at radius 1 is 1.11 bits per heavy atom. The third-order valence-electron chi connectivity index (χ3n) is 6.49. The fourth-order valence-electron chi connectivity index (χ4n) is 4.52. The summed E-state index contributed by atoms with van der Waals surface area (Å²) < 4.78 is 7.23. The molecule has 2 aromatic heterocycles. The summed E-state index contributed by atoms with van der Waals surface area (Å²) in [6, 6.07) is 13.3. The zero-order valence-corrected chi connectivity index (χ0v) is 22.4. The number of anilines is 1. The average Bonchev–Trinajstić information content (AvgIpc) is 3.25. The van der Waals surface area contributed by atoms with E-state index in [1.165, 1.54) is 22.2 Å². The minimum absolute atomic E-state index is 0.0689. The van der Waals surface area contributed by atoms with E-state index in [-0.39, 0.29) is 17.2 Å². The Bertz CT molecular complexity index is 1490. The normalized spacial score (nSPS) is 13.0. The summed E-state index contributed by atoms with van der Waals surface area (Å²) in [5, 5.41) is 4.21. The SMILES string of the molecule is CCOc1ccc(-n2c(SCC(=O)Nc3ccc(C)c(C)c3)nc3sc4c(c3c2=O)CCCC4)cc1. The van der Waals surface area contributed by atoms with Gasteiger partial charge in [0.15, 0.2) is 5.16 Å². The lowest BCUT2D eigenvalue weighted by Gasteiger charge is -2.14. The van der Waals surface area contributed by atoms with E-state index in [9.17, 15) is 9.59 Å². The molecule has 186 valence electrons. The molecule has 2 aromatic carbocycles. The number of aryl methyl sites for hydroxylation is 4. The highest BCUT2D eigenvalue weighted by atomic mass is 32.2. The minimum atomic E-state index is -0.138. The van der Waals surface area contributed by atoms with E-state index in [0.717, 1.165) is 58.5 Å². The Balaban J connectivity index is 1.50. The van der Waals surface area contributed by atoms with Crippen LogP contribution < -0.4 is 15.6 Å². The van der Waals surface area contributed by atoms with Crippen LogP contribution >= 0.6 is 23.1 Å². The third kappa shape index (κ3) is 4.92. The molecule has 1 N–H and O–H groups in total. The smallest absolute Gasteiger partial charge is 0.267 e. The minimum Gasteiger partial charge on any atom is -0.494 e. The van der Waals surface area contributed by atoms with Gasteiger partial charge in [-0.2, -0.15) is 0 Å². The van der Waals surface area contributed by atoms with Crippen molar-refractivity contribution in [2.75, 3.05) is 17.7 Å². The van der Waals surface area contributed by atoms with E-state index in [1.807, 2.05) is 63.2 Å². The molecule has 0 radical (unpaired) electrons. The number of rotatable bonds is 7. The van der Waals surface area contributed by atoms with Gasteiger partial charge in [-0.05, 0) is 99.5 Å². The largest absolute Gasteiger partial charge is 0.494 e. The topological polar surface area (TPSA) is 73.2 Å². The van der Waals surface area contributed by atoms with Gasteiger partial charge in [-0.15, -0.1) is 11.3 Å². The maximum atomic E-state index is 13.9. The van der Waals surface area contributed by atoms with E-state index in [2.05, 4.69) is 5.32 Å². The lowest BCUT2D eigenvalue weighted by Crippen LogP contribution is -2.23. The quantitative estimate of drug-likeness (QED) is 0.237. The molecule has 8 heteroatoms. The first kappa shape index (κ1) is 24.6. The molecule has 0 saturated heterocycles. The second-order valence-corrected chi connectivity index (χ2v) is 11.0. The number of carbonyl (C=O) groups is 1. The number of nitrogens with one attached hydrogen (secondary N) is 1. The van der Waals surface area contributed by atoms with Crippen molar-refractivity contribution in [3.8, 4) is 11.4 Å². The first-order valence-electron chi connectivity index (χ1n) is 12.2. The van der Waals surface area contributed by atoms with Crippen LogP contribution in [0.5, 0.6) is 5.75 Å². The molecular formula is C28H29N3O3S2. The molecule has 1 amide bonds. The summed E-state index contributed by atoms with van der Waals surface area (Å²) in [6.45, 7) is 6.58. The summed E-state index contributed by atoms with van der Waals surface area (Å²) in [5.74, 6) is 0.757. The third-order valence-corrected chi connectivity index (χ3v) is 8.61. The zero-order chi connectivity index (χ0) is 25.2. The first-order valence-corrected chi connectivity index (χ1v) is 14.0. The highest BCUT2D eigenvalue weighted by Gasteiger charge is 2.23. The molecule has 1 aliphatic carbocycles. The highest BCUT2D eigenvalue weighted by Crippen LogP contribution is 2.35. The Hall–Kier alpha value is -3.10.